The number of carbonyl (C=O) groups is 1. The van der Waals surface area contributed by atoms with Crippen LogP contribution in [0.25, 0.3) is 16.9 Å². The number of fused-ring (bicyclic) bond motifs is 1. The third-order valence-electron chi connectivity index (χ3n) is 5.49. The first-order valence-corrected chi connectivity index (χ1v) is 12.1. The molecule has 0 bridgehead atoms. The summed E-state index contributed by atoms with van der Waals surface area (Å²) in [6, 6.07) is 25.6. The first kappa shape index (κ1) is 25.9. The molecule has 0 aliphatic rings. The highest BCUT2D eigenvalue weighted by Gasteiger charge is 2.13. The van der Waals surface area contributed by atoms with Crippen LogP contribution in [0, 0.1) is 11.3 Å². The average molecular weight is 574 g/mol. The number of nitrogens with zero attached hydrogens (tertiary/aromatic N) is 4. The third kappa shape index (κ3) is 5.64. The van der Waals surface area contributed by atoms with Gasteiger partial charge in [-0.25, -0.2) is 4.98 Å². The molecular weight excluding hydrogens is 552 g/mol. The summed E-state index contributed by atoms with van der Waals surface area (Å²) in [6.07, 6.45) is 1.70. The van der Waals surface area contributed by atoms with Crippen LogP contribution < -0.4 is 10.6 Å². The Morgan fingerprint density at radius 1 is 1.05 bits per heavy atom. The molecule has 184 valence electrons. The number of halogens is 2. The van der Waals surface area contributed by atoms with Gasteiger partial charge in [0, 0.05) is 34.4 Å². The molecule has 0 radical (unpaired) electrons. The van der Waals surface area contributed by atoms with E-state index in [4.69, 9.17) is 21.8 Å². The number of hydrogen-bond acceptors (Lipinski definition) is 5. The minimum absolute atomic E-state index is 0. The summed E-state index contributed by atoms with van der Waals surface area (Å²) in [4.78, 5) is 17.4. The molecule has 0 saturated heterocycles. The molecule has 0 fully saturated rings. The summed E-state index contributed by atoms with van der Waals surface area (Å²) in [5.74, 6) is 0.460. The van der Waals surface area contributed by atoms with Crippen LogP contribution in [0.1, 0.15) is 28.9 Å². The van der Waals surface area contributed by atoms with Crippen molar-refractivity contribution in [2.45, 2.75) is 14.0 Å². The first-order chi connectivity index (χ1) is 17.5. The van der Waals surface area contributed by atoms with Crippen LogP contribution in [0.3, 0.4) is 0 Å². The van der Waals surface area contributed by atoms with Gasteiger partial charge in [0.05, 0.1) is 28.0 Å². The topological polar surface area (TPSA) is 95.1 Å². The summed E-state index contributed by atoms with van der Waals surface area (Å²) in [5.41, 5.74) is 4.67. The van der Waals surface area contributed by atoms with Crippen LogP contribution in [-0.4, -0.2) is 20.5 Å². The molecule has 5 rings (SSSR count). The number of anilines is 2. The van der Waals surface area contributed by atoms with Gasteiger partial charge in [0.15, 0.2) is 5.65 Å². The Balaban J connectivity index is 0.00000320. The maximum absolute atomic E-state index is 12.7. The highest BCUT2D eigenvalue weighted by molar-refractivity contribution is 9.10. The molecule has 0 aliphatic carbocycles. The van der Waals surface area contributed by atoms with Crippen molar-refractivity contribution >= 4 is 50.6 Å². The van der Waals surface area contributed by atoms with Crippen LogP contribution in [-0.2, 0) is 6.54 Å². The van der Waals surface area contributed by atoms with Crippen LogP contribution in [0.15, 0.2) is 89.5 Å². The van der Waals surface area contributed by atoms with Crippen LogP contribution in [0.4, 0.5) is 11.5 Å². The molecule has 5 aromatic rings. The van der Waals surface area contributed by atoms with Gasteiger partial charge in [-0.2, -0.15) is 14.9 Å². The van der Waals surface area contributed by atoms with Gasteiger partial charge >= 0.3 is 0 Å². The molecule has 0 atom stereocenters. The molecule has 0 aliphatic heterocycles. The highest BCUT2D eigenvalue weighted by Crippen LogP contribution is 2.30. The van der Waals surface area contributed by atoms with Crippen molar-refractivity contribution in [1.82, 2.24) is 14.6 Å². The monoisotopic (exact) mass is 572 g/mol. The molecule has 0 unspecified atom stereocenters. The van der Waals surface area contributed by atoms with E-state index in [0.29, 0.717) is 34.0 Å². The normalized spacial score (nSPS) is 10.4. The number of carbonyl (C=O) groups excluding carboxylic acids is 1. The van der Waals surface area contributed by atoms with E-state index in [1.807, 2.05) is 60.7 Å². The fourth-order valence-electron chi connectivity index (χ4n) is 3.75. The van der Waals surface area contributed by atoms with Crippen LogP contribution in [0.2, 0.25) is 5.02 Å². The Bertz CT molecular complexity index is 1640. The standard InChI is InChI=1S/C27H18BrClN6O.CH4/c28-22-16-32-35-25(13-24(34-26(22)35)21-9-1-2-10-23(21)29)31-15-18-6-4-8-20(12-18)33-27(36)19-7-3-5-17(11-19)14-30;/h1-13,16,31H,15H2,(H,33,36);1H4. The number of nitriles is 1. The summed E-state index contributed by atoms with van der Waals surface area (Å²) in [7, 11) is 0. The number of hydrogen-bond donors (Lipinski definition) is 2. The van der Waals surface area contributed by atoms with Crippen molar-refractivity contribution in [3.63, 3.8) is 0 Å². The van der Waals surface area contributed by atoms with Crippen molar-refractivity contribution < 1.29 is 4.79 Å². The van der Waals surface area contributed by atoms with E-state index in [1.165, 1.54) is 0 Å². The number of nitrogens with one attached hydrogen (secondary N) is 2. The maximum atomic E-state index is 12.7. The number of rotatable bonds is 6. The van der Waals surface area contributed by atoms with E-state index in [9.17, 15) is 4.79 Å². The molecule has 3 aromatic carbocycles. The molecular formula is C28H22BrClN6O. The molecule has 7 nitrogen and oxygen atoms in total. The number of benzene rings is 3. The first-order valence-electron chi connectivity index (χ1n) is 11.0. The Morgan fingerprint density at radius 3 is 2.68 bits per heavy atom. The van der Waals surface area contributed by atoms with Crippen molar-refractivity contribution in [2.75, 3.05) is 10.6 Å². The van der Waals surface area contributed by atoms with Crippen molar-refractivity contribution in [1.29, 1.82) is 5.26 Å². The maximum Gasteiger partial charge on any atom is 0.255 e. The van der Waals surface area contributed by atoms with Crippen LogP contribution in [0.5, 0.6) is 0 Å². The van der Waals surface area contributed by atoms with Gasteiger partial charge in [-0.05, 0) is 57.9 Å². The Labute approximate surface area is 227 Å². The molecule has 1 amide bonds. The zero-order valence-electron chi connectivity index (χ0n) is 18.7. The average Bonchev–Trinajstić information content (AvgIpc) is 3.28. The Morgan fingerprint density at radius 2 is 1.86 bits per heavy atom. The van der Waals surface area contributed by atoms with Gasteiger partial charge < -0.3 is 10.6 Å². The second kappa shape index (κ2) is 11.2. The molecule has 0 saturated carbocycles. The SMILES string of the molecule is C.N#Cc1cccc(C(=O)Nc2cccc(CNc3cc(-c4ccccc4Cl)nc4c(Br)cnn34)c2)c1. The molecule has 37 heavy (non-hydrogen) atoms. The number of aromatic nitrogens is 3. The zero-order valence-corrected chi connectivity index (χ0v) is 21.1. The second-order valence-electron chi connectivity index (χ2n) is 7.94. The fourth-order valence-corrected chi connectivity index (χ4v) is 4.33. The third-order valence-corrected chi connectivity index (χ3v) is 6.38. The predicted molar refractivity (Wildman–Crippen MR) is 151 cm³/mol. The van der Waals surface area contributed by atoms with E-state index in [2.05, 4.69) is 31.7 Å². The quantitative estimate of drug-likeness (QED) is 0.224. The fraction of sp³-hybridized carbons (Fsp3) is 0.0714. The summed E-state index contributed by atoms with van der Waals surface area (Å²) >= 11 is 9.94. The van der Waals surface area contributed by atoms with E-state index < -0.39 is 0 Å². The summed E-state index contributed by atoms with van der Waals surface area (Å²) in [5, 5.41) is 20.4. The van der Waals surface area contributed by atoms with Gasteiger partial charge in [-0.3, -0.25) is 4.79 Å². The lowest BCUT2D eigenvalue weighted by Crippen LogP contribution is -2.12. The van der Waals surface area contributed by atoms with Gasteiger partial charge in [0.2, 0.25) is 0 Å². The van der Waals surface area contributed by atoms with E-state index in [1.54, 1.807) is 35.0 Å². The van der Waals surface area contributed by atoms with Gasteiger partial charge in [0.25, 0.3) is 5.91 Å². The lowest BCUT2D eigenvalue weighted by Gasteiger charge is -2.13. The molecule has 9 heteroatoms. The lowest BCUT2D eigenvalue weighted by atomic mass is 10.1. The van der Waals surface area contributed by atoms with Crippen molar-refractivity contribution in [3.8, 4) is 17.3 Å². The molecule has 2 N–H and O–H groups in total. The lowest BCUT2D eigenvalue weighted by molar-refractivity contribution is 0.102. The molecule has 2 heterocycles. The van der Waals surface area contributed by atoms with Crippen molar-refractivity contribution in [2.24, 2.45) is 0 Å². The zero-order chi connectivity index (χ0) is 25.1. The van der Waals surface area contributed by atoms with Gasteiger partial charge in [-0.1, -0.05) is 55.4 Å². The number of amides is 1. The highest BCUT2D eigenvalue weighted by atomic mass is 79.9. The Kier molecular flexibility index (Phi) is 7.87. The van der Waals surface area contributed by atoms with Gasteiger partial charge in [0.1, 0.15) is 5.82 Å². The summed E-state index contributed by atoms with van der Waals surface area (Å²) in [6.45, 7) is 0.478. The van der Waals surface area contributed by atoms with E-state index >= 15 is 0 Å². The van der Waals surface area contributed by atoms with E-state index in [0.717, 1.165) is 27.1 Å². The molecule has 0 spiro atoms. The smallest absolute Gasteiger partial charge is 0.255 e. The van der Waals surface area contributed by atoms with Gasteiger partial charge in [-0.15, -0.1) is 0 Å². The Hall–Kier alpha value is -4.19. The summed E-state index contributed by atoms with van der Waals surface area (Å²) < 4.78 is 2.49. The predicted octanol–water partition coefficient (Wildman–Crippen LogP) is 7.18. The minimum Gasteiger partial charge on any atom is -0.366 e. The second-order valence-corrected chi connectivity index (χ2v) is 9.20. The minimum atomic E-state index is -0.279. The van der Waals surface area contributed by atoms with Crippen molar-refractivity contribution in [3.05, 3.63) is 111 Å². The van der Waals surface area contributed by atoms with Crippen LogP contribution >= 0.6 is 27.5 Å². The van der Waals surface area contributed by atoms with E-state index in [-0.39, 0.29) is 13.3 Å². The largest absolute Gasteiger partial charge is 0.366 e. The molecule has 2 aromatic heterocycles.